The minimum absolute atomic E-state index is 0.145. The van der Waals surface area contributed by atoms with Crippen molar-refractivity contribution in [2.75, 3.05) is 7.11 Å². The van der Waals surface area contributed by atoms with E-state index in [4.69, 9.17) is 10.00 Å². The molecule has 1 aromatic heterocycles. The van der Waals surface area contributed by atoms with Crippen molar-refractivity contribution in [3.05, 3.63) is 23.0 Å². The number of hydrogen-bond acceptors (Lipinski definition) is 4. The summed E-state index contributed by atoms with van der Waals surface area (Å²) in [5, 5.41) is 12.2. The maximum Gasteiger partial charge on any atom is 0.323 e. The van der Waals surface area contributed by atoms with E-state index in [1.54, 1.807) is 0 Å². The molecule has 5 nitrogen and oxygen atoms in total. The van der Waals surface area contributed by atoms with Gasteiger partial charge in [0.2, 0.25) is 0 Å². The van der Waals surface area contributed by atoms with Crippen LogP contribution in [0.25, 0.3) is 0 Å². The molecule has 0 saturated carbocycles. The third kappa shape index (κ3) is 3.36. The van der Waals surface area contributed by atoms with E-state index in [1.807, 2.05) is 38.5 Å². The predicted molar refractivity (Wildman–Crippen MR) is 72.3 cm³/mol. The molecule has 0 saturated heterocycles. The Morgan fingerprint density at radius 2 is 2.21 bits per heavy atom. The molecule has 0 aliphatic carbocycles. The Morgan fingerprint density at radius 3 is 2.63 bits per heavy atom. The molecule has 104 valence electrons. The van der Waals surface area contributed by atoms with Crippen LogP contribution in [0.15, 0.2) is 6.07 Å². The normalized spacial score (nSPS) is 12.3. The molecule has 1 aromatic rings. The molecule has 0 spiro atoms. The third-order valence-electron chi connectivity index (χ3n) is 3.39. The lowest BCUT2D eigenvalue weighted by molar-refractivity contribution is -0.144. The zero-order chi connectivity index (χ0) is 14.6. The number of ether oxygens (including phenoxy) is 1. The van der Waals surface area contributed by atoms with Crippen molar-refractivity contribution in [2.45, 2.75) is 33.4 Å². The van der Waals surface area contributed by atoms with Gasteiger partial charge in [-0.15, -0.1) is 0 Å². The monoisotopic (exact) mass is 263 g/mol. The quantitative estimate of drug-likeness (QED) is 0.817. The predicted octanol–water partition coefficient (Wildman–Crippen LogP) is 1.49. The molecule has 0 bridgehead atoms. The lowest BCUT2D eigenvalue weighted by Crippen LogP contribution is -2.41. The van der Waals surface area contributed by atoms with Gasteiger partial charge in [-0.2, -0.15) is 5.26 Å². The highest BCUT2D eigenvalue weighted by atomic mass is 16.5. The molecule has 0 fully saturated rings. The first-order valence-electron chi connectivity index (χ1n) is 6.28. The molecule has 1 heterocycles. The number of nitriles is 1. The van der Waals surface area contributed by atoms with Gasteiger partial charge < -0.3 is 14.6 Å². The van der Waals surface area contributed by atoms with Gasteiger partial charge in [0, 0.05) is 19.3 Å². The second kappa shape index (κ2) is 6.39. The molecule has 19 heavy (non-hydrogen) atoms. The summed E-state index contributed by atoms with van der Waals surface area (Å²) in [7, 11) is 3.25. The fourth-order valence-electron chi connectivity index (χ4n) is 1.99. The zero-order valence-electron chi connectivity index (χ0n) is 12.2. The Bertz CT molecular complexity index is 498. The molecule has 5 heteroatoms. The first kappa shape index (κ1) is 15.3. The summed E-state index contributed by atoms with van der Waals surface area (Å²) in [6.07, 6.45) is 0. The number of hydrogen-bond donors (Lipinski definition) is 1. The van der Waals surface area contributed by atoms with E-state index in [9.17, 15) is 4.79 Å². The van der Waals surface area contributed by atoms with Gasteiger partial charge in [-0.25, -0.2) is 0 Å². The number of rotatable bonds is 5. The van der Waals surface area contributed by atoms with Crippen LogP contribution in [0.4, 0.5) is 0 Å². The van der Waals surface area contributed by atoms with Crippen LogP contribution in [0, 0.1) is 24.2 Å². The van der Waals surface area contributed by atoms with Crippen molar-refractivity contribution < 1.29 is 9.53 Å². The largest absolute Gasteiger partial charge is 0.468 e. The average molecular weight is 263 g/mol. The number of carbonyl (C=O) groups excluding carboxylic acids is 1. The van der Waals surface area contributed by atoms with Crippen LogP contribution in [0.1, 0.15) is 30.8 Å². The Hall–Kier alpha value is -1.80. The van der Waals surface area contributed by atoms with Gasteiger partial charge in [0.15, 0.2) is 0 Å². The first-order valence-corrected chi connectivity index (χ1v) is 6.28. The SMILES string of the molecule is COC(=O)[C@@H](NCc1cc(C#N)n(C)c1C)C(C)C. The summed E-state index contributed by atoms with van der Waals surface area (Å²) < 4.78 is 6.63. The minimum atomic E-state index is -0.338. The van der Waals surface area contributed by atoms with Gasteiger partial charge in [0.25, 0.3) is 0 Å². The van der Waals surface area contributed by atoms with Crippen molar-refractivity contribution in [3.63, 3.8) is 0 Å². The summed E-state index contributed by atoms with van der Waals surface area (Å²) in [6.45, 7) is 6.43. The molecular formula is C14H21N3O2. The smallest absolute Gasteiger partial charge is 0.323 e. The topological polar surface area (TPSA) is 67.0 Å². The Labute approximate surface area is 114 Å². The second-order valence-corrected chi connectivity index (χ2v) is 4.94. The Kier molecular flexibility index (Phi) is 5.13. The van der Waals surface area contributed by atoms with Crippen molar-refractivity contribution in [1.29, 1.82) is 5.26 Å². The van der Waals surface area contributed by atoms with Crippen LogP contribution in [0.5, 0.6) is 0 Å². The second-order valence-electron chi connectivity index (χ2n) is 4.94. The third-order valence-corrected chi connectivity index (χ3v) is 3.39. The molecule has 0 unspecified atom stereocenters. The molecule has 1 N–H and O–H groups in total. The molecule has 1 atom stereocenters. The molecule has 1 rings (SSSR count). The number of nitrogens with zero attached hydrogens (tertiary/aromatic N) is 2. The van der Waals surface area contributed by atoms with Crippen LogP contribution in [-0.4, -0.2) is 23.7 Å². The molecule has 0 aromatic carbocycles. The molecule has 0 aliphatic heterocycles. The standard InChI is InChI=1S/C14H21N3O2/c1-9(2)13(14(18)19-5)16-8-11-6-12(7-15)17(4)10(11)3/h6,9,13,16H,8H2,1-5H3/t13-/m0/s1. The van der Waals surface area contributed by atoms with E-state index in [1.165, 1.54) is 7.11 Å². The van der Waals surface area contributed by atoms with Crippen LogP contribution < -0.4 is 5.32 Å². The molecule has 0 amide bonds. The van der Waals surface area contributed by atoms with E-state index in [2.05, 4.69) is 11.4 Å². The Morgan fingerprint density at radius 1 is 1.58 bits per heavy atom. The summed E-state index contributed by atoms with van der Waals surface area (Å²) in [4.78, 5) is 11.6. The summed E-state index contributed by atoms with van der Waals surface area (Å²) >= 11 is 0. The summed E-state index contributed by atoms with van der Waals surface area (Å²) in [5.41, 5.74) is 2.67. The van der Waals surface area contributed by atoms with Crippen LogP contribution >= 0.6 is 0 Å². The van der Waals surface area contributed by atoms with Gasteiger partial charge in [0.1, 0.15) is 17.8 Å². The minimum Gasteiger partial charge on any atom is -0.468 e. The highest BCUT2D eigenvalue weighted by Gasteiger charge is 2.22. The van der Waals surface area contributed by atoms with Gasteiger partial charge in [-0.1, -0.05) is 13.8 Å². The fraction of sp³-hybridized carbons (Fsp3) is 0.571. The van der Waals surface area contributed by atoms with Crippen molar-refractivity contribution in [3.8, 4) is 6.07 Å². The van der Waals surface area contributed by atoms with E-state index in [0.717, 1.165) is 11.3 Å². The number of methoxy groups -OCH3 is 1. The average Bonchev–Trinajstić information content (AvgIpc) is 2.65. The van der Waals surface area contributed by atoms with Crippen molar-refractivity contribution in [2.24, 2.45) is 13.0 Å². The van der Waals surface area contributed by atoms with E-state index in [-0.39, 0.29) is 17.9 Å². The van der Waals surface area contributed by atoms with E-state index < -0.39 is 0 Å². The van der Waals surface area contributed by atoms with Crippen LogP contribution in [-0.2, 0) is 23.1 Å². The van der Waals surface area contributed by atoms with Gasteiger partial charge in [-0.3, -0.25) is 4.79 Å². The molecule has 0 radical (unpaired) electrons. The summed E-state index contributed by atoms with van der Waals surface area (Å²) in [5.74, 6) is -0.115. The highest BCUT2D eigenvalue weighted by Crippen LogP contribution is 2.14. The lowest BCUT2D eigenvalue weighted by atomic mass is 10.0. The van der Waals surface area contributed by atoms with Gasteiger partial charge >= 0.3 is 5.97 Å². The molecular weight excluding hydrogens is 242 g/mol. The van der Waals surface area contributed by atoms with Crippen molar-refractivity contribution >= 4 is 5.97 Å². The number of nitrogens with one attached hydrogen (secondary N) is 1. The van der Waals surface area contributed by atoms with Gasteiger partial charge in [0.05, 0.1) is 7.11 Å². The summed E-state index contributed by atoms with van der Waals surface area (Å²) in [6, 6.07) is 3.65. The maximum absolute atomic E-state index is 11.6. The highest BCUT2D eigenvalue weighted by molar-refractivity contribution is 5.75. The van der Waals surface area contributed by atoms with Crippen molar-refractivity contribution in [1.82, 2.24) is 9.88 Å². The number of carbonyl (C=O) groups is 1. The van der Waals surface area contributed by atoms with Gasteiger partial charge in [-0.05, 0) is 24.5 Å². The van der Waals surface area contributed by atoms with Crippen LogP contribution in [0.2, 0.25) is 0 Å². The van der Waals surface area contributed by atoms with E-state index >= 15 is 0 Å². The van der Waals surface area contributed by atoms with Crippen LogP contribution in [0.3, 0.4) is 0 Å². The zero-order valence-corrected chi connectivity index (χ0v) is 12.2. The Balaban J connectivity index is 2.81. The van der Waals surface area contributed by atoms with E-state index in [0.29, 0.717) is 12.2 Å². The maximum atomic E-state index is 11.6. The fourth-order valence-corrected chi connectivity index (χ4v) is 1.99. The number of esters is 1. The molecule has 0 aliphatic rings. The lowest BCUT2D eigenvalue weighted by Gasteiger charge is -2.19. The first-order chi connectivity index (χ1) is 8.92. The number of aromatic nitrogens is 1.